The van der Waals surface area contributed by atoms with Crippen molar-refractivity contribution >= 4 is 11.0 Å². The first-order chi connectivity index (χ1) is 19.6. The summed E-state index contributed by atoms with van der Waals surface area (Å²) in [7, 11) is 0. The van der Waals surface area contributed by atoms with E-state index < -0.39 is 23.4 Å². The molecule has 3 aromatic carbocycles. The van der Waals surface area contributed by atoms with Gasteiger partial charge in [-0.1, -0.05) is 51.1 Å². The maximum Gasteiger partial charge on any atom is 0.238 e. The van der Waals surface area contributed by atoms with Crippen molar-refractivity contribution in [3.63, 3.8) is 0 Å². The standard InChI is InChI=1S/C33H38O8/c1-4-25(36)26(11-8-12-34)40-27-17-24(35)18-28-29(27)31(38)32(39)33(41-28)23-15-21(13-19(2)3)30(37)22(16-23)14-20-9-6-5-7-10-20/h5-7,9-10,15-19,25-26,34-37,39H,4,8,11-14H2,1-3H3. The highest BCUT2D eigenvalue weighted by Gasteiger charge is 2.25. The Hall–Kier alpha value is -4.01. The summed E-state index contributed by atoms with van der Waals surface area (Å²) in [4.78, 5) is 13.6. The summed E-state index contributed by atoms with van der Waals surface area (Å²) < 4.78 is 12.0. The van der Waals surface area contributed by atoms with E-state index >= 15 is 0 Å². The second-order valence-electron chi connectivity index (χ2n) is 10.8. The molecule has 41 heavy (non-hydrogen) atoms. The molecule has 0 aliphatic heterocycles. The lowest BCUT2D eigenvalue weighted by molar-refractivity contribution is 0.0262. The zero-order chi connectivity index (χ0) is 29.7. The summed E-state index contributed by atoms with van der Waals surface area (Å²) in [5.41, 5.74) is 1.90. The van der Waals surface area contributed by atoms with Crippen LogP contribution >= 0.6 is 0 Å². The molecule has 8 nitrogen and oxygen atoms in total. The summed E-state index contributed by atoms with van der Waals surface area (Å²) >= 11 is 0. The molecule has 5 N–H and O–H groups in total. The molecular formula is C33H38O8. The predicted octanol–water partition coefficient (Wildman–Crippen LogP) is 5.66. The van der Waals surface area contributed by atoms with Gasteiger partial charge in [-0.2, -0.15) is 0 Å². The van der Waals surface area contributed by atoms with Gasteiger partial charge in [-0.3, -0.25) is 4.79 Å². The fourth-order valence-electron chi connectivity index (χ4n) is 5.03. The first kappa shape index (κ1) is 30.0. The normalized spacial score (nSPS) is 13.0. The number of aliphatic hydroxyl groups excluding tert-OH is 2. The molecule has 4 aromatic rings. The van der Waals surface area contributed by atoms with Crippen LogP contribution in [0.5, 0.6) is 23.0 Å². The topological polar surface area (TPSA) is 141 Å². The number of aliphatic hydroxyl groups is 2. The molecule has 0 spiro atoms. The Morgan fingerprint density at radius 2 is 1.66 bits per heavy atom. The number of hydrogen-bond acceptors (Lipinski definition) is 8. The highest BCUT2D eigenvalue weighted by molar-refractivity contribution is 5.88. The lowest BCUT2D eigenvalue weighted by Gasteiger charge is -2.24. The van der Waals surface area contributed by atoms with Gasteiger partial charge < -0.3 is 34.7 Å². The zero-order valence-electron chi connectivity index (χ0n) is 23.6. The van der Waals surface area contributed by atoms with Gasteiger partial charge in [-0.05, 0) is 60.4 Å². The molecule has 0 bridgehead atoms. The van der Waals surface area contributed by atoms with Crippen LogP contribution in [0.25, 0.3) is 22.3 Å². The Morgan fingerprint density at radius 3 is 2.32 bits per heavy atom. The Morgan fingerprint density at radius 1 is 0.951 bits per heavy atom. The van der Waals surface area contributed by atoms with Gasteiger partial charge in [0.15, 0.2) is 5.76 Å². The molecule has 218 valence electrons. The van der Waals surface area contributed by atoms with Gasteiger partial charge in [0.2, 0.25) is 11.2 Å². The number of phenols is 2. The number of hydrogen-bond donors (Lipinski definition) is 5. The number of aromatic hydroxyl groups is 3. The molecule has 0 aliphatic rings. The molecule has 0 saturated carbocycles. The van der Waals surface area contributed by atoms with Crippen molar-refractivity contribution in [2.45, 2.75) is 65.1 Å². The molecule has 0 fully saturated rings. The van der Waals surface area contributed by atoms with Crippen LogP contribution < -0.4 is 10.2 Å². The second-order valence-corrected chi connectivity index (χ2v) is 10.8. The minimum Gasteiger partial charge on any atom is -0.508 e. The Balaban J connectivity index is 1.87. The maximum atomic E-state index is 13.6. The van der Waals surface area contributed by atoms with Gasteiger partial charge in [0.25, 0.3) is 0 Å². The van der Waals surface area contributed by atoms with E-state index in [-0.39, 0.29) is 46.5 Å². The minimum atomic E-state index is -0.877. The van der Waals surface area contributed by atoms with E-state index in [1.165, 1.54) is 12.1 Å². The smallest absolute Gasteiger partial charge is 0.238 e. The van der Waals surface area contributed by atoms with Gasteiger partial charge in [0.1, 0.15) is 34.3 Å². The molecule has 0 amide bonds. The van der Waals surface area contributed by atoms with E-state index in [1.54, 1.807) is 19.1 Å². The highest BCUT2D eigenvalue weighted by Crippen LogP contribution is 2.39. The Bertz CT molecular complexity index is 1540. The first-order valence-corrected chi connectivity index (χ1v) is 14.0. The second kappa shape index (κ2) is 13.1. The van der Waals surface area contributed by atoms with Crippen LogP contribution in [-0.2, 0) is 12.8 Å². The first-order valence-electron chi connectivity index (χ1n) is 14.0. The molecule has 0 radical (unpaired) electrons. The fraction of sp³-hybridized carbons (Fsp3) is 0.364. The summed E-state index contributed by atoms with van der Waals surface area (Å²) in [5, 5.41) is 52.4. The average Bonchev–Trinajstić information content (AvgIpc) is 2.94. The van der Waals surface area contributed by atoms with Crippen LogP contribution in [0.3, 0.4) is 0 Å². The third kappa shape index (κ3) is 6.84. The van der Waals surface area contributed by atoms with E-state index in [4.69, 9.17) is 9.15 Å². The van der Waals surface area contributed by atoms with Crippen molar-refractivity contribution in [2.24, 2.45) is 5.92 Å². The SMILES string of the molecule is CCC(O)C(CCCO)Oc1cc(O)cc2oc(-c3cc(Cc4ccccc4)c(O)c(CC(C)C)c3)c(O)c(=O)c12. The zero-order valence-corrected chi connectivity index (χ0v) is 23.6. The van der Waals surface area contributed by atoms with Gasteiger partial charge in [0.05, 0.1) is 6.10 Å². The summed E-state index contributed by atoms with van der Waals surface area (Å²) in [6.45, 7) is 5.75. The predicted molar refractivity (Wildman–Crippen MR) is 158 cm³/mol. The van der Waals surface area contributed by atoms with Crippen molar-refractivity contribution in [3.8, 4) is 34.3 Å². The van der Waals surface area contributed by atoms with E-state index in [0.29, 0.717) is 48.8 Å². The number of phenolic OH excluding ortho intramolecular Hbond substituents is 2. The summed E-state index contributed by atoms with van der Waals surface area (Å²) in [5.74, 6) is -0.610. The van der Waals surface area contributed by atoms with Crippen molar-refractivity contribution in [3.05, 3.63) is 81.5 Å². The molecule has 8 heteroatoms. The number of benzene rings is 3. The molecule has 0 saturated heterocycles. The van der Waals surface area contributed by atoms with Crippen molar-refractivity contribution < 1.29 is 34.7 Å². The summed E-state index contributed by atoms with van der Waals surface area (Å²) in [6.07, 6.45) is 0.419. The van der Waals surface area contributed by atoms with Crippen LogP contribution in [0.2, 0.25) is 0 Å². The van der Waals surface area contributed by atoms with E-state index in [2.05, 4.69) is 0 Å². The lowest BCUT2D eigenvalue weighted by atomic mass is 9.93. The van der Waals surface area contributed by atoms with Crippen LogP contribution in [0, 0.1) is 5.92 Å². The maximum absolute atomic E-state index is 13.6. The third-order valence-corrected chi connectivity index (χ3v) is 7.09. The van der Waals surface area contributed by atoms with E-state index in [1.807, 2.05) is 44.2 Å². The molecule has 2 unspecified atom stereocenters. The Kier molecular flexibility index (Phi) is 9.57. The lowest BCUT2D eigenvalue weighted by Crippen LogP contribution is -2.31. The van der Waals surface area contributed by atoms with Crippen LogP contribution in [-0.4, -0.2) is 44.3 Å². The van der Waals surface area contributed by atoms with Gasteiger partial charge in [-0.15, -0.1) is 0 Å². The molecule has 4 rings (SSSR count). The monoisotopic (exact) mass is 562 g/mol. The van der Waals surface area contributed by atoms with Gasteiger partial charge in [0, 0.05) is 30.7 Å². The molecule has 0 aliphatic carbocycles. The number of ether oxygens (including phenoxy) is 1. The summed E-state index contributed by atoms with van der Waals surface area (Å²) in [6, 6.07) is 15.6. The average molecular weight is 563 g/mol. The fourth-order valence-corrected chi connectivity index (χ4v) is 5.03. The minimum absolute atomic E-state index is 0.00668. The van der Waals surface area contributed by atoms with Crippen LogP contribution in [0.4, 0.5) is 0 Å². The molecule has 1 aromatic heterocycles. The van der Waals surface area contributed by atoms with Crippen LogP contribution in [0.1, 0.15) is 56.7 Å². The van der Waals surface area contributed by atoms with Gasteiger partial charge >= 0.3 is 0 Å². The van der Waals surface area contributed by atoms with E-state index in [9.17, 15) is 30.3 Å². The van der Waals surface area contributed by atoms with E-state index in [0.717, 1.165) is 5.56 Å². The third-order valence-electron chi connectivity index (χ3n) is 7.09. The van der Waals surface area contributed by atoms with Crippen LogP contribution in [0.15, 0.2) is 63.8 Å². The molecule has 2 atom stereocenters. The van der Waals surface area contributed by atoms with Crippen molar-refractivity contribution in [1.82, 2.24) is 0 Å². The molecule has 1 heterocycles. The van der Waals surface area contributed by atoms with Gasteiger partial charge in [-0.25, -0.2) is 0 Å². The molecular weight excluding hydrogens is 524 g/mol. The Labute approximate surface area is 239 Å². The number of rotatable bonds is 12. The largest absolute Gasteiger partial charge is 0.508 e. The highest BCUT2D eigenvalue weighted by atomic mass is 16.5. The number of fused-ring (bicyclic) bond motifs is 1. The van der Waals surface area contributed by atoms with Crippen molar-refractivity contribution in [1.29, 1.82) is 0 Å². The quantitative estimate of drug-likeness (QED) is 0.149. The van der Waals surface area contributed by atoms with Crippen molar-refractivity contribution in [2.75, 3.05) is 6.61 Å².